The molecule has 2 rings (SSSR count). The second kappa shape index (κ2) is 12.7. The van der Waals surface area contributed by atoms with E-state index in [1.807, 2.05) is 19.1 Å². The molecule has 3 N–H and O–H groups in total. The van der Waals surface area contributed by atoms with Gasteiger partial charge in [0, 0.05) is 25.7 Å². The highest BCUT2D eigenvalue weighted by molar-refractivity contribution is 5.93. The van der Waals surface area contributed by atoms with Crippen molar-refractivity contribution >= 4 is 17.6 Å². The van der Waals surface area contributed by atoms with Gasteiger partial charge in [-0.05, 0) is 41.9 Å². The Morgan fingerprint density at radius 1 is 1.19 bits per heavy atom. The Bertz CT molecular complexity index is 823. The third-order valence-electron chi connectivity index (χ3n) is 4.91. The van der Waals surface area contributed by atoms with Gasteiger partial charge in [-0.25, -0.2) is 0 Å². The number of hydrogen-bond donors (Lipinski definition) is 3. The predicted molar refractivity (Wildman–Crippen MR) is 120 cm³/mol. The predicted octanol–water partition coefficient (Wildman–Crippen LogP) is 3.27. The topological polar surface area (TPSA) is 105 Å². The standard InChI is InChI=1S/C23H34N4O4/c1-5-10-31-15-16(2)11-19-13-18(6-7-20(19)30-4)17(3)12-22(28)24-14-23(29)26-21-8-9-25-27-21/h6-9,13,16-17H,5,10-12,14-15H2,1-4H3,(H,24,28)(H2,25,26,27,29)/t16?,17-/m0/s1. The highest BCUT2D eigenvalue weighted by Gasteiger charge is 2.16. The van der Waals surface area contributed by atoms with E-state index in [9.17, 15) is 9.59 Å². The van der Waals surface area contributed by atoms with Gasteiger partial charge in [0.05, 0.1) is 19.9 Å². The van der Waals surface area contributed by atoms with E-state index in [-0.39, 0.29) is 30.7 Å². The number of aromatic amines is 1. The Labute approximate surface area is 184 Å². The molecule has 170 valence electrons. The molecule has 0 aliphatic rings. The van der Waals surface area contributed by atoms with Crippen molar-refractivity contribution in [2.24, 2.45) is 5.92 Å². The molecule has 2 aromatic rings. The van der Waals surface area contributed by atoms with Gasteiger partial charge in [-0.3, -0.25) is 14.7 Å². The van der Waals surface area contributed by atoms with E-state index in [2.05, 4.69) is 40.7 Å². The van der Waals surface area contributed by atoms with Crippen molar-refractivity contribution in [2.45, 2.75) is 46.0 Å². The van der Waals surface area contributed by atoms with Crippen LogP contribution in [0.5, 0.6) is 5.75 Å². The Kier molecular flexibility index (Phi) is 10.0. The summed E-state index contributed by atoms with van der Waals surface area (Å²) in [6, 6.07) is 7.69. The number of H-pyrrole nitrogens is 1. The molecular weight excluding hydrogens is 396 g/mol. The number of anilines is 1. The minimum Gasteiger partial charge on any atom is -0.496 e. The first-order chi connectivity index (χ1) is 14.9. The number of nitrogens with one attached hydrogen (secondary N) is 3. The highest BCUT2D eigenvalue weighted by atomic mass is 16.5. The first-order valence-corrected chi connectivity index (χ1v) is 10.7. The SMILES string of the molecule is CCCOCC(C)Cc1cc([C@@H](C)CC(=O)NCC(=O)Nc2ccn[nH]2)ccc1OC. The van der Waals surface area contributed by atoms with Gasteiger partial charge in [-0.15, -0.1) is 0 Å². The van der Waals surface area contributed by atoms with E-state index in [0.717, 1.165) is 36.3 Å². The smallest absolute Gasteiger partial charge is 0.244 e. The van der Waals surface area contributed by atoms with Gasteiger partial charge in [-0.2, -0.15) is 5.10 Å². The second-order valence-electron chi connectivity index (χ2n) is 7.86. The first kappa shape index (κ1) is 24.4. The Morgan fingerprint density at radius 2 is 2.00 bits per heavy atom. The molecule has 1 heterocycles. The van der Waals surface area contributed by atoms with Crippen molar-refractivity contribution in [3.63, 3.8) is 0 Å². The molecule has 0 bridgehead atoms. The van der Waals surface area contributed by atoms with E-state index in [1.165, 1.54) is 6.20 Å². The van der Waals surface area contributed by atoms with Crippen LogP contribution in [0, 0.1) is 5.92 Å². The van der Waals surface area contributed by atoms with Crippen LogP contribution in [0.4, 0.5) is 5.82 Å². The van der Waals surface area contributed by atoms with E-state index < -0.39 is 0 Å². The zero-order valence-corrected chi connectivity index (χ0v) is 18.9. The molecule has 0 spiro atoms. The summed E-state index contributed by atoms with van der Waals surface area (Å²) in [6.45, 7) is 7.65. The van der Waals surface area contributed by atoms with Crippen LogP contribution < -0.4 is 15.4 Å². The maximum Gasteiger partial charge on any atom is 0.244 e. The summed E-state index contributed by atoms with van der Waals surface area (Å²) in [4.78, 5) is 24.2. The van der Waals surface area contributed by atoms with Crippen LogP contribution >= 0.6 is 0 Å². The lowest BCUT2D eigenvalue weighted by molar-refractivity contribution is -0.124. The number of carbonyl (C=O) groups excluding carboxylic acids is 2. The summed E-state index contributed by atoms with van der Waals surface area (Å²) >= 11 is 0. The molecule has 0 radical (unpaired) electrons. The Morgan fingerprint density at radius 3 is 2.68 bits per heavy atom. The average molecular weight is 431 g/mol. The molecule has 0 saturated carbocycles. The van der Waals surface area contributed by atoms with E-state index >= 15 is 0 Å². The monoisotopic (exact) mass is 430 g/mol. The number of hydrogen-bond acceptors (Lipinski definition) is 5. The van der Waals surface area contributed by atoms with Crippen LogP contribution in [0.3, 0.4) is 0 Å². The molecule has 2 amide bonds. The van der Waals surface area contributed by atoms with Crippen molar-refractivity contribution in [2.75, 3.05) is 32.2 Å². The van der Waals surface area contributed by atoms with Gasteiger partial charge in [-0.1, -0.05) is 32.9 Å². The average Bonchev–Trinajstić information content (AvgIpc) is 3.25. The molecule has 1 aromatic heterocycles. The van der Waals surface area contributed by atoms with Gasteiger partial charge in [0.25, 0.3) is 0 Å². The summed E-state index contributed by atoms with van der Waals surface area (Å²) in [5, 5.41) is 11.7. The van der Waals surface area contributed by atoms with Gasteiger partial charge < -0.3 is 20.1 Å². The summed E-state index contributed by atoms with van der Waals surface area (Å²) in [6.07, 6.45) is 3.68. The van der Waals surface area contributed by atoms with Gasteiger partial charge in [0.1, 0.15) is 11.6 Å². The number of nitrogens with zero attached hydrogens (tertiary/aromatic N) is 1. The van der Waals surface area contributed by atoms with Crippen LogP contribution in [0.2, 0.25) is 0 Å². The zero-order chi connectivity index (χ0) is 22.6. The summed E-state index contributed by atoms with van der Waals surface area (Å²) in [7, 11) is 1.67. The van der Waals surface area contributed by atoms with Gasteiger partial charge >= 0.3 is 0 Å². The lowest BCUT2D eigenvalue weighted by atomic mass is 9.92. The quantitative estimate of drug-likeness (QED) is 0.423. The molecule has 2 atom stereocenters. The zero-order valence-electron chi connectivity index (χ0n) is 18.9. The molecule has 31 heavy (non-hydrogen) atoms. The molecule has 1 unspecified atom stereocenters. The van der Waals surface area contributed by atoms with Gasteiger partial charge in [0.2, 0.25) is 11.8 Å². The number of aromatic nitrogens is 2. The van der Waals surface area contributed by atoms with Crippen molar-refractivity contribution in [3.8, 4) is 5.75 Å². The minimum atomic E-state index is -0.309. The van der Waals surface area contributed by atoms with Crippen LogP contribution in [0.15, 0.2) is 30.5 Å². The number of carbonyl (C=O) groups is 2. The second-order valence-corrected chi connectivity index (χ2v) is 7.86. The van der Waals surface area contributed by atoms with Crippen LogP contribution in [-0.2, 0) is 20.7 Å². The molecule has 8 heteroatoms. The van der Waals surface area contributed by atoms with Crippen LogP contribution in [0.25, 0.3) is 0 Å². The third kappa shape index (κ3) is 8.41. The third-order valence-corrected chi connectivity index (χ3v) is 4.91. The normalized spacial score (nSPS) is 12.8. The van der Waals surface area contributed by atoms with Crippen LogP contribution in [0.1, 0.15) is 50.7 Å². The number of amides is 2. The summed E-state index contributed by atoms with van der Waals surface area (Å²) in [5.41, 5.74) is 2.17. The Hall–Kier alpha value is -2.87. The van der Waals surface area contributed by atoms with E-state index in [4.69, 9.17) is 9.47 Å². The fraction of sp³-hybridized carbons (Fsp3) is 0.522. The van der Waals surface area contributed by atoms with Crippen molar-refractivity contribution in [1.82, 2.24) is 15.5 Å². The molecule has 0 fully saturated rings. The van der Waals surface area contributed by atoms with Crippen LogP contribution in [-0.4, -0.2) is 48.9 Å². The molecule has 1 aromatic carbocycles. The molecule has 0 aliphatic heterocycles. The molecule has 0 aliphatic carbocycles. The van der Waals surface area contributed by atoms with Crippen molar-refractivity contribution in [1.29, 1.82) is 0 Å². The lowest BCUT2D eigenvalue weighted by Crippen LogP contribution is -2.33. The Balaban J connectivity index is 1.88. The van der Waals surface area contributed by atoms with Crippen molar-refractivity contribution < 1.29 is 19.1 Å². The van der Waals surface area contributed by atoms with Crippen molar-refractivity contribution in [3.05, 3.63) is 41.6 Å². The maximum absolute atomic E-state index is 12.3. The number of rotatable bonds is 13. The van der Waals surface area contributed by atoms with E-state index in [1.54, 1.807) is 13.2 Å². The fourth-order valence-electron chi connectivity index (χ4n) is 3.29. The summed E-state index contributed by atoms with van der Waals surface area (Å²) in [5.74, 6) is 1.22. The molecular formula is C23H34N4O4. The number of benzene rings is 1. The van der Waals surface area contributed by atoms with E-state index in [0.29, 0.717) is 18.3 Å². The summed E-state index contributed by atoms with van der Waals surface area (Å²) < 4.78 is 11.2. The number of ether oxygens (including phenoxy) is 2. The highest BCUT2D eigenvalue weighted by Crippen LogP contribution is 2.28. The first-order valence-electron chi connectivity index (χ1n) is 10.7. The van der Waals surface area contributed by atoms with Gasteiger partial charge in [0.15, 0.2) is 0 Å². The molecule has 8 nitrogen and oxygen atoms in total. The lowest BCUT2D eigenvalue weighted by Gasteiger charge is -2.18. The largest absolute Gasteiger partial charge is 0.496 e. The number of methoxy groups -OCH3 is 1. The minimum absolute atomic E-state index is 0.00646. The fourth-order valence-corrected chi connectivity index (χ4v) is 3.29. The molecule has 0 saturated heterocycles. The maximum atomic E-state index is 12.3.